The van der Waals surface area contributed by atoms with Crippen molar-refractivity contribution in [3.63, 3.8) is 0 Å². The van der Waals surface area contributed by atoms with Crippen molar-refractivity contribution in [3.8, 4) is 0 Å². The molecule has 1 aromatic carbocycles. The first-order valence-corrected chi connectivity index (χ1v) is 7.59. The van der Waals surface area contributed by atoms with Gasteiger partial charge in [0.15, 0.2) is 11.6 Å². The van der Waals surface area contributed by atoms with Gasteiger partial charge in [-0.15, -0.1) is 0 Å². The van der Waals surface area contributed by atoms with Crippen LogP contribution in [0.1, 0.15) is 24.8 Å². The van der Waals surface area contributed by atoms with Gasteiger partial charge in [0.1, 0.15) is 4.90 Å². The van der Waals surface area contributed by atoms with E-state index >= 15 is 0 Å². The topological polar surface area (TPSA) is 63.4 Å². The first-order valence-electron chi connectivity index (χ1n) is 6.15. The molecule has 0 aliphatic carbocycles. The van der Waals surface area contributed by atoms with Crippen LogP contribution in [0.2, 0.25) is 0 Å². The summed E-state index contributed by atoms with van der Waals surface area (Å²) < 4.78 is 53.0. The average molecular weight is 290 g/mol. The van der Waals surface area contributed by atoms with Gasteiger partial charge < -0.3 is 5.73 Å². The van der Waals surface area contributed by atoms with Crippen LogP contribution in [0.5, 0.6) is 0 Å². The maximum Gasteiger partial charge on any atom is 0.246 e. The second-order valence-corrected chi connectivity index (χ2v) is 6.46. The summed E-state index contributed by atoms with van der Waals surface area (Å²) in [6.45, 7) is 0.645. The summed E-state index contributed by atoms with van der Waals surface area (Å²) in [7, 11) is -3.99. The van der Waals surface area contributed by atoms with Gasteiger partial charge >= 0.3 is 0 Å². The Morgan fingerprint density at radius 3 is 2.37 bits per heavy atom. The number of piperidine rings is 1. The van der Waals surface area contributed by atoms with E-state index in [1.807, 2.05) is 0 Å². The minimum absolute atomic E-state index is 0.0419. The second-order valence-electron chi connectivity index (χ2n) is 4.56. The molecule has 1 aliphatic heterocycles. The number of benzene rings is 1. The lowest BCUT2D eigenvalue weighted by Crippen LogP contribution is -2.36. The van der Waals surface area contributed by atoms with E-state index in [4.69, 9.17) is 5.73 Å². The Morgan fingerprint density at radius 2 is 1.79 bits per heavy atom. The van der Waals surface area contributed by atoms with Crippen molar-refractivity contribution in [1.29, 1.82) is 0 Å². The van der Waals surface area contributed by atoms with Crippen LogP contribution in [-0.2, 0) is 16.6 Å². The van der Waals surface area contributed by atoms with Gasteiger partial charge in [0.05, 0.1) is 0 Å². The number of sulfonamides is 1. The predicted molar refractivity (Wildman–Crippen MR) is 66.9 cm³/mol. The summed E-state index contributed by atoms with van der Waals surface area (Å²) in [6.07, 6.45) is 2.42. The van der Waals surface area contributed by atoms with Crippen LogP contribution in [0.3, 0.4) is 0 Å². The van der Waals surface area contributed by atoms with Crippen LogP contribution in [0, 0.1) is 11.6 Å². The molecule has 0 saturated carbocycles. The van der Waals surface area contributed by atoms with Gasteiger partial charge in [-0.3, -0.25) is 0 Å². The third kappa shape index (κ3) is 2.77. The quantitative estimate of drug-likeness (QED) is 0.919. The lowest BCUT2D eigenvalue weighted by atomic mass is 10.2. The number of hydrogen-bond donors (Lipinski definition) is 1. The van der Waals surface area contributed by atoms with Crippen LogP contribution < -0.4 is 5.73 Å². The molecule has 0 unspecified atom stereocenters. The van der Waals surface area contributed by atoms with Crippen molar-refractivity contribution in [1.82, 2.24) is 4.31 Å². The standard InChI is InChI=1S/C12H16F2N2O2S/c13-10-6-9(8-15)7-11(12(10)14)19(17,18)16-4-2-1-3-5-16/h6-7H,1-5,8,15H2. The summed E-state index contributed by atoms with van der Waals surface area (Å²) in [5.41, 5.74) is 5.62. The van der Waals surface area contributed by atoms with Gasteiger partial charge in [-0.1, -0.05) is 6.42 Å². The first kappa shape index (κ1) is 14.4. The molecule has 2 N–H and O–H groups in total. The minimum Gasteiger partial charge on any atom is -0.326 e. The van der Waals surface area contributed by atoms with E-state index in [2.05, 4.69) is 0 Å². The normalized spacial score (nSPS) is 17.6. The molecular formula is C12H16F2N2O2S. The van der Waals surface area contributed by atoms with E-state index in [-0.39, 0.29) is 12.1 Å². The number of rotatable bonds is 3. The van der Waals surface area contributed by atoms with E-state index in [0.29, 0.717) is 13.1 Å². The van der Waals surface area contributed by atoms with Gasteiger partial charge in [-0.05, 0) is 30.5 Å². The van der Waals surface area contributed by atoms with E-state index in [1.165, 1.54) is 4.31 Å². The van der Waals surface area contributed by atoms with E-state index in [9.17, 15) is 17.2 Å². The van der Waals surface area contributed by atoms with Crippen LogP contribution in [0.15, 0.2) is 17.0 Å². The van der Waals surface area contributed by atoms with Crippen molar-refractivity contribution in [3.05, 3.63) is 29.3 Å². The van der Waals surface area contributed by atoms with Crippen molar-refractivity contribution in [2.75, 3.05) is 13.1 Å². The number of nitrogens with two attached hydrogens (primary N) is 1. The summed E-state index contributed by atoms with van der Waals surface area (Å²) in [4.78, 5) is -0.616. The average Bonchev–Trinajstić information content (AvgIpc) is 2.42. The number of halogens is 2. The van der Waals surface area contributed by atoms with E-state index < -0.39 is 26.6 Å². The third-order valence-corrected chi connectivity index (χ3v) is 5.12. The van der Waals surface area contributed by atoms with Crippen LogP contribution >= 0.6 is 0 Å². The monoisotopic (exact) mass is 290 g/mol. The zero-order valence-corrected chi connectivity index (χ0v) is 11.2. The van der Waals surface area contributed by atoms with E-state index in [1.54, 1.807) is 0 Å². The van der Waals surface area contributed by atoms with Crippen molar-refractivity contribution in [2.45, 2.75) is 30.7 Å². The maximum absolute atomic E-state index is 13.7. The van der Waals surface area contributed by atoms with Crippen LogP contribution in [-0.4, -0.2) is 25.8 Å². The molecule has 0 atom stereocenters. The summed E-state index contributed by atoms with van der Waals surface area (Å²) in [6, 6.07) is 2.03. The Balaban J connectivity index is 2.47. The number of hydrogen-bond acceptors (Lipinski definition) is 3. The molecule has 0 aromatic heterocycles. The Labute approximate surface area is 111 Å². The summed E-state index contributed by atoms with van der Waals surface area (Å²) in [5, 5.41) is 0. The Morgan fingerprint density at radius 1 is 1.16 bits per heavy atom. The van der Waals surface area contributed by atoms with Crippen molar-refractivity contribution >= 4 is 10.0 Å². The van der Waals surface area contributed by atoms with Crippen LogP contribution in [0.4, 0.5) is 8.78 Å². The second kappa shape index (κ2) is 5.52. The highest BCUT2D eigenvalue weighted by Gasteiger charge is 2.30. The summed E-state index contributed by atoms with van der Waals surface area (Å²) in [5.74, 6) is -2.51. The number of nitrogens with zero attached hydrogens (tertiary/aromatic N) is 1. The third-order valence-electron chi connectivity index (χ3n) is 3.22. The fourth-order valence-corrected chi connectivity index (χ4v) is 3.81. The first-order chi connectivity index (χ1) is 8.96. The molecule has 1 heterocycles. The fraction of sp³-hybridized carbons (Fsp3) is 0.500. The molecule has 1 aliphatic rings. The predicted octanol–water partition coefficient (Wildman–Crippen LogP) is 1.60. The Bertz CT molecular complexity index is 569. The highest BCUT2D eigenvalue weighted by Crippen LogP contribution is 2.25. The fourth-order valence-electron chi connectivity index (χ4n) is 2.17. The zero-order chi connectivity index (χ0) is 14.0. The molecule has 1 saturated heterocycles. The molecular weight excluding hydrogens is 274 g/mol. The molecule has 4 nitrogen and oxygen atoms in total. The lowest BCUT2D eigenvalue weighted by molar-refractivity contribution is 0.344. The van der Waals surface area contributed by atoms with Gasteiger partial charge in [-0.25, -0.2) is 17.2 Å². The molecule has 1 fully saturated rings. The van der Waals surface area contributed by atoms with Gasteiger partial charge in [-0.2, -0.15) is 4.31 Å². The SMILES string of the molecule is NCc1cc(F)c(F)c(S(=O)(=O)N2CCCCC2)c1. The van der Waals surface area contributed by atoms with Crippen LogP contribution in [0.25, 0.3) is 0 Å². The maximum atomic E-state index is 13.7. The van der Waals surface area contributed by atoms with E-state index in [0.717, 1.165) is 31.4 Å². The molecule has 0 radical (unpaired) electrons. The van der Waals surface area contributed by atoms with Crippen molar-refractivity contribution in [2.24, 2.45) is 5.73 Å². The van der Waals surface area contributed by atoms with Crippen molar-refractivity contribution < 1.29 is 17.2 Å². The highest BCUT2D eigenvalue weighted by molar-refractivity contribution is 7.89. The molecule has 0 bridgehead atoms. The molecule has 1 aromatic rings. The molecule has 7 heteroatoms. The molecule has 2 rings (SSSR count). The van der Waals surface area contributed by atoms with Gasteiger partial charge in [0, 0.05) is 19.6 Å². The van der Waals surface area contributed by atoms with Gasteiger partial charge in [0.25, 0.3) is 0 Å². The molecule has 0 amide bonds. The molecule has 19 heavy (non-hydrogen) atoms. The lowest BCUT2D eigenvalue weighted by Gasteiger charge is -2.26. The highest BCUT2D eigenvalue weighted by atomic mass is 32.2. The largest absolute Gasteiger partial charge is 0.326 e. The smallest absolute Gasteiger partial charge is 0.246 e. The minimum atomic E-state index is -3.99. The van der Waals surface area contributed by atoms with Gasteiger partial charge in [0.2, 0.25) is 10.0 Å². The Kier molecular flexibility index (Phi) is 4.17. The molecule has 0 spiro atoms. The summed E-state index contributed by atoms with van der Waals surface area (Å²) >= 11 is 0. The Hall–Kier alpha value is -1.05. The zero-order valence-electron chi connectivity index (χ0n) is 10.4. The molecule has 106 valence electrons.